The highest BCUT2D eigenvalue weighted by Gasteiger charge is 2.13. The van der Waals surface area contributed by atoms with Crippen LogP contribution in [0.5, 0.6) is 0 Å². The summed E-state index contributed by atoms with van der Waals surface area (Å²) in [5.41, 5.74) is 3.48. The quantitative estimate of drug-likeness (QED) is 0.838. The maximum Gasteiger partial charge on any atom is 0.222 e. The van der Waals surface area contributed by atoms with Crippen LogP contribution in [0.4, 0.5) is 5.95 Å². The van der Waals surface area contributed by atoms with E-state index in [0.29, 0.717) is 5.95 Å². The zero-order valence-corrected chi connectivity index (χ0v) is 15.0. The molecule has 3 rings (SSSR count). The molecule has 0 radical (unpaired) electrons. The van der Waals surface area contributed by atoms with Gasteiger partial charge in [0.15, 0.2) is 0 Å². The molecule has 0 saturated carbocycles. The van der Waals surface area contributed by atoms with Crippen LogP contribution in [0, 0.1) is 0 Å². The van der Waals surface area contributed by atoms with Gasteiger partial charge in [0.05, 0.1) is 17.9 Å². The van der Waals surface area contributed by atoms with Crippen molar-refractivity contribution in [1.29, 1.82) is 0 Å². The summed E-state index contributed by atoms with van der Waals surface area (Å²) in [6, 6.07) is 2.18. The predicted molar refractivity (Wildman–Crippen MR) is 95.2 cm³/mol. The minimum atomic E-state index is 0. The maximum absolute atomic E-state index is 4.65. The first-order valence-electron chi connectivity index (χ1n) is 7.18. The van der Waals surface area contributed by atoms with E-state index in [1.54, 1.807) is 0 Å². The molecule has 0 aromatic carbocycles. The summed E-state index contributed by atoms with van der Waals surface area (Å²) in [6.45, 7) is 4.51. The third kappa shape index (κ3) is 5.04. The lowest BCUT2D eigenvalue weighted by atomic mass is 10.3. The Kier molecular flexibility index (Phi) is 7.70. The smallest absolute Gasteiger partial charge is 0.222 e. The normalized spacial score (nSPS) is 13.0. The molecular formula is C14H23Cl2N7. The van der Waals surface area contributed by atoms with Crippen molar-refractivity contribution >= 4 is 30.8 Å². The molecule has 7 nitrogen and oxygen atoms in total. The Hall–Kier alpha value is -1.41. The number of aromatic nitrogens is 4. The first-order valence-corrected chi connectivity index (χ1v) is 7.18. The molecule has 23 heavy (non-hydrogen) atoms. The van der Waals surface area contributed by atoms with Crippen molar-refractivity contribution < 1.29 is 0 Å². The molecule has 0 spiro atoms. The van der Waals surface area contributed by atoms with Crippen molar-refractivity contribution in [2.45, 2.75) is 26.2 Å². The third-order valence-corrected chi connectivity index (χ3v) is 3.53. The summed E-state index contributed by atoms with van der Waals surface area (Å²) in [7, 11) is 3.90. The van der Waals surface area contributed by atoms with E-state index in [2.05, 4.69) is 48.4 Å². The van der Waals surface area contributed by atoms with Crippen molar-refractivity contribution in [3.8, 4) is 0 Å². The lowest BCUT2D eigenvalue weighted by Crippen LogP contribution is -2.28. The Bertz CT molecular complexity index is 576. The molecule has 0 amide bonds. The van der Waals surface area contributed by atoms with Gasteiger partial charge in [0, 0.05) is 51.2 Å². The van der Waals surface area contributed by atoms with Gasteiger partial charge in [-0.2, -0.15) is 5.10 Å². The summed E-state index contributed by atoms with van der Waals surface area (Å²) in [5.74, 6) is 0.649. The minimum Gasteiger partial charge on any atom is -0.357 e. The van der Waals surface area contributed by atoms with Crippen molar-refractivity contribution in [2.75, 3.05) is 26.0 Å². The Balaban J connectivity index is 0.00000132. The lowest BCUT2D eigenvalue weighted by molar-refractivity contribution is 0.312. The summed E-state index contributed by atoms with van der Waals surface area (Å²) in [5, 5.41) is 10.9. The first-order chi connectivity index (χ1) is 10.2. The number of anilines is 1. The first kappa shape index (κ1) is 19.6. The van der Waals surface area contributed by atoms with E-state index in [9.17, 15) is 0 Å². The van der Waals surface area contributed by atoms with Crippen molar-refractivity contribution in [3.63, 3.8) is 0 Å². The fourth-order valence-corrected chi connectivity index (χ4v) is 2.54. The summed E-state index contributed by atoms with van der Waals surface area (Å²) in [6.07, 6.45) is 3.72. The van der Waals surface area contributed by atoms with Gasteiger partial charge in [0.25, 0.3) is 0 Å². The van der Waals surface area contributed by atoms with Crippen molar-refractivity contribution in [2.24, 2.45) is 0 Å². The highest BCUT2D eigenvalue weighted by atomic mass is 35.5. The number of rotatable bonds is 5. The molecule has 0 saturated heterocycles. The Morgan fingerprint density at radius 3 is 2.65 bits per heavy atom. The number of nitrogens with one attached hydrogen (secondary N) is 2. The SMILES string of the molecule is CNc1ncc(CN(C)Cc2cc3n(n2)CCNC3)cn1.Cl.Cl. The Morgan fingerprint density at radius 2 is 2.00 bits per heavy atom. The molecule has 9 heteroatoms. The predicted octanol–water partition coefficient (Wildman–Crippen LogP) is 1.29. The van der Waals surface area contributed by atoms with Crippen LogP contribution in [-0.4, -0.2) is 45.3 Å². The molecule has 128 valence electrons. The summed E-state index contributed by atoms with van der Waals surface area (Å²) < 4.78 is 2.10. The largest absolute Gasteiger partial charge is 0.357 e. The van der Waals surface area contributed by atoms with Crippen LogP contribution < -0.4 is 10.6 Å². The van der Waals surface area contributed by atoms with E-state index in [4.69, 9.17) is 0 Å². The second-order valence-corrected chi connectivity index (χ2v) is 5.36. The number of halogens is 2. The molecule has 0 aliphatic carbocycles. The number of hydrogen-bond acceptors (Lipinski definition) is 6. The van der Waals surface area contributed by atoms with Gasteiger partial charge in [0.1, 0.15) is 0 Å². The van der Waals surface area contributed by atoms with Gasteiger partial charge in [-0.15, -0.1) is 24.8 Å². The third-order valence-electron chi connectivity index (χ3n) is 3.53. The van der Waals surface area contributed by atoms with E-state index in [1.165, 1.54) is 5.69 Å². The van der Waals surface area contributed by atoms with Crippen LogP contribution in [0.1, 0.15) is 17.0 Å². The van der Waals surface area contributed by atoms with Gasteiger partial charge in [-0.3, -0.25) is 9.58 Å². The van der Waals surface area contributed by atoms with Gasteiger partial charge in [-0.05, 0) is 13.1 Å². The van der Waals surface area contributed by atoms with Gasteiger partial charge in [-0.1, -0.05) is 0 Å². The van der Waals surface area contributed by atoms with Crippen molar-refractivity contribution in [3.05, 3.63) is 35.4 Å². The van der Waals surface area contributed by atoms with Crippen LogP contribution in [0.15, 0.2) is 18.5 Å². The van der Waals surface area contributed by atoms with Gasteiger partial charge in [-0.25, -0.2) is 9.97 Å². The van der Waals surface area contributed by atoms with Crippen LogP contribution in [-0.2, 0) is 26.2 Å². The molecule has 2 aromatic heterocycles. The topological polar surface area (TPSA) is 70.9 Å². The zero-order valence-electron chi connectivity index (χ0n) is 13.3. The fraction of sp³-hybridized carbons (Fsp3) is 0.500. The molecule has 0 fully saturated rings. The molecule has 1 aliphatic heterocycles. The van der Waals surface area contributed by atoms with E-state index < -0.39 is 0 Å². The van der Waals surface area contributed by atoms with Crippen LogP contribution in [0.25, 0.3) is 0 Å². The number of hydrogen-bond donors (Lipinski definition) is 2. The monoisotopic (exact) mass is 359 g/mol. The van der Waals surface area contributed by atoms with E-state index in [-0.39, 0.29) is 24.8 Å². The van der Waals surface area contributed by atoms with E-state index >= 15 is 0 Å². The number of fused-ring (bicyclic) bond motifs is 1. The standard InChI is InChI=1S/C14H21N7.2ClH/c1-15-14-17-6-11(7-18-14)9-20(2)10-12-5-13-8-16-3-4-21(13)19-12;;/h5-7,16H,3-4,8-10H2,1-2H3,(H,15,17,18);2*1H. The van der Waals surface area contributed by atoms with Gasteiger partial charge < -0.3 is 10.6 Å². The second-order valence-electron chi connectivity index (χ2n) is 5.36. The Labute approximate surface area is 148 Å². The van der Waals surface area contributed by atoms with Crippen LogP contribution >= 0.6 is 24.8 Å². The summed E-state index contributed by atoms with van der Waals surface area (Å²) in [4.78, 5) is 10.7. The Morgan fingerprint density at radius 1 is 1.26 bits per heavy atom. The van der Waals surface area contributed by atoms with Crippen LogP contribution in [0.3, 0.4) is 0 Å². The second kappa shape index (κ2) is 9.02. The highest BCUT2D eigenvalue weighted by Crippen LogP contribution is 2.11. The average molecular weight is 360 g/mol. The minimum absolute atomic E-state index is 0. The summed E-state index contributed by atoms with van der Waals surface area (Å²) >= 11 is 0. The van der Waals surface area contributed by atoms with Crippen LogP contribution in [0.2, 0.25) is 0 Å². The molecule has 3 heterocycles. The van der Waals surface area contributed by atoms with E-state index in [0.717, 1.165) is 44.0 Å². The molecule has 2 aromatic rings. The molecule has 0 bridgehead atoms. The molecule has 1 aliphatic rings. The average Bonchev–Trinajstić information content (AvgIpc) is 2.90. The molecule has 2 N–H and O–H groups in total. The van der Waals surface area contributed by atoms with Gasteiger partial charge in [0.2, 0.25) is 5.95 Å². The molecule has 0 atom stereocenters. The molecule has 0 unspecified atom stereocenters. The lowest BCUT2D eigenvalue weighted by Gasteiger charge is -2.15. The molecular weight excluding hydrogens is 337 g/mol. The number of nitrogens with zero attached hydrogens (tertiary/aromatic N) is 5. The fourth-order valence-electron chi connectivity index (χ4n) is 2.54. The maximum atomic E-state index is 4.65. The zero-order chi connectivity index (χ0) is 14.7. The van der Waals surface area contributed by atoms with Gasteiger partial charge >= 0.3 is 0 Å². The van der Waals surface area contributed by atoms with Crippen molar-refractivity contribution in [1.82, 2.24) is 30.0 Å². The highest BCUT2D eigenvalue weighted by molar-refractivity contribution is 5.85. The van der Waals surface area contributed by atoms with E-state index in [1.807, 2.05) is 19.4 Å².